The number of nitrogens with zero attached hydrogens (tertiary/aromatic N) is 1. The minimum atomic E-state index is -4.17. The Kier molecular flexibility index (Phi) is 6.19. The lowest BCUT2D eigenvalue weighted by Gasteiger charge is -2.09. The van der Waals surface area contributed by atoms with Gasteiger partial charge in [-0.15, -0.1) is 0 Å². The third kappa shape index (κ3) is 5.03. The molecule has 0 aliphatic heterocycles. The number of nitrogens with one attached hydrogen (secondary N) is 1. The van der Waals surface area contributed by atoms with E-state index >= 15 is 0 Å². The molecule has 0 unspecified atom stereocenters. The predicted octanol–water partition coefficient (Wildman–Crippen LogP) is 1.68. The molecule has 0 aliphatic carbocycles. The van der Waals surface area contributed by atoms with Crippen molar-refractivity contribution in [3.05, 3.63) is 34.1 Å². The minimum absolute atomic E-state index is 0.0529. The zero-order valence-corrected chi connectivity index (χ0v) is 12.5. The van der Waals surface area contributed by atoms with E-state index in [0.717, 1.165) is 18.2 Å². The second-order valence-electron chi connectivity index (χ2n) is 4.71. The van der Waals surface area contributed by atoms with Crippen LogP contribution in [0.5, 0.6) is 0 Å². The molecule has 1 aromatic rings. The number of nitro groups is 1. The Hall–Kier alpha value is -1.58. The molecule has 118 valence electrons. The standard InChI is InChI=1S/C12H17FN2O5S/c1-9(2)8-20-7-6-14-21(18,19)11-5-3-4-10(13)12(11)15(16)17/h3-5,9,14H,6-8H2,1-2H3. The van der Waals surface area contributed by atoms with Crippen LogP contribution in [0.15, 0.2) is 23.1 Å². The quantitative estimate of drug-likeness (QED) is 0.446. The van der Waals surface area contributed by atoms with E-state index in [1.807, 2.05) is 13.8 Å². The highest BCUT2D eigenvalue weighted by Gasteiger charge is 2.28. The van der Waals surface area contributed by atoms with Gasteiger partial charge in [0, 0.05) is 13.2 Å². The van der Waals surface area contributed by atoms with E-state index in [-0.39, 0.29) is 13.2 Å². The van der Waals surface area contributed by atoms with Gasteiger partial charge in [-0.25, -0.2) is 13.1 Å². The van der Waals surface area contributed by atoms with Crippen molar-refractivity contribution in [3.63, 3.8) is 0 Å². The van der Waals surface area contributed by atoms with E-state index in [0.29, 0.717) is 12.5 Å². The molecule has 7 nitrogen and oxygen atoms in total. The van der Waals surface area contributed by atoms with Gasteiger partial charge in [0.2, 0.25) is 15.8 Å². The van der Waals surface area contributed by atoms with Crippen LogP contribution >= 0.6 is 0 Å². The fourth-order valence-corrected chi connectivity index (χ4v) is 2.73. The minimum Gasteiger partial charge on any atom is -0.380 e. The zero-order valence-electron chi connectivity index (χ0n) is 11.7. The first-order valence-electron chi connectivity index (χ1n) is 6.26. The summed E-state index contributed by atoms with van der Waals surface area (Å²) in [6, 6.07) is 2.92. The maximum Gasteiger partial charge on any atom is 0.324 e. The van der Waals surface area contributed by atoms with Crippen molar-refractivity contribution in [2.75, 3.05) is 19.8 Å². The van der Waals surface area contributed by atoms with Gasteiger partial charge in [0.15, 0.2) is 4.90 Å². The maximum atomic E-state index is 13.4. The van der Waals surface area contributed by atoms with Gasteiger partial charge >= 0.3 is 5.69 Å². The molecule has 0 bridgehead atoms. The fraction of sp³-hybridized carbons (Fsp3) is 0.500. The molecular weight excluding hydrogens is 303 g/mol. The summed E-state index contributed by atoms with van der Waals surface area (Å²) in [5, 5.41) is 10.8. The molecule has 0 saturated heterocycles. The normalized spacial score (nSPS) is 11.8. The molecule has 1 aromatic carbocycles. The molecule has 0 radical (unpaired) electrons. The largest absolute Gasteiger partial charge is 0.380 e. The molecule has 1 rings (SSSR count). The molecule has 0 heterocycles. The monoisotopic (exact) mass is 320 g/mol. The average molecular weight is 320 g/mol. The zero-order chi connectivity index (χ0) is 16.0. The third-order valence-corrected chi connectivity index (χ3v) is 3.90. The molecular formula is C12H17FN2O5S. The Balaban J connectivity index is 2.80. The molecule has 0 amide bonds. The number of ether oxygens (including phenoxy) is 1. The number of nitro benzene ring substituents is 1. The summed E-state index contributed by atoms with van der Waals surface area (Å²) in [4.78, 5) is 9.03. The summed E-state index contributed by atoms with van der Waals surface area (Å²) < 4.78 is 44.7. The average Bonchev–Trinajstić information content (AvgIpc) is 2.37. The Morgan fingerprint density at radius 2 is 2.10 bits per heavy atom. The Morgan fingerprint density at radius 3 is 2.67 bits per heavy atom. The van der Waals surface area contributed by atoms with Crippen LogP contribution in [0.4, 0.5) is 10.1 Å². The lowest BCUT2D eigenvalue weighted by Crippen LogP contribution is -2.28. The molecule has 0 aromatic heterocycles. The first kappa shape index (κ1) is 17.5. The first-order valence-corrected chi connectivity index (χ1v) is 7.74. The third-order valence-electron chi connectivity index (χ3n) is 2.41. The van der Waals surface area contributed by atoms with Crippen molar-refractivity contribution >= 4 is 15.7 Å². The van der Waals surface area contributed by atoms with Crippen molar-refractivity contribution < 1.29 is 22.5 Å². The van der Waals surface area contributed by atoms with E-state index in [4.69, 9.17) is 4.74 Å². The summed E-state index contributed by atoms with van der Waals surface area (Å²) >= 11 is 0. The molecule has 0 fully saturated rings. The maximum absolute atomic E-state index is 13.4. The summed E-state index contributed by atoms with van der Waals surface area (Å²) in [7, 11) is -4.17. The Bertz CT molecular complexity index is 604. The van der Waals surface area contributed by atoms with E-state index in [2.05, 4.69) is 4.72 Å². The van der Waals surface area contributed by atoms with E-state index in [1.165, 1.54) is 0 Å². The second-order valence-corrected chi connectivity index (χ2v) is 6.45. The van der Waals surface area contributed by atoms with E-state index < -0.39 is 31.3 Å². The second kappa shape index (κ2) is 7.43. The number of halogens is 1. The van der Waals surface area contributed by atoms with Gasteiger partial charge in [-0.05, 0) is 18.1 Å². The smallest absolute Gasteiger partial charge is 0.324 e. The number of para-hydroxylation sites is 1. The van der Waals surface area contributed by atoms with Crippen LogP contribution < -0.4 is 4.72 Å². The van der Waals surface area contributed by atoms with Crippen LogP contribution in [-0.2, 0) is 14.8 Å². The summed E-state index contributed by atoms with van der Waals surface area (Å²) in [6.45, 7) is 4.44. The lowest BCUT2D eigenvalue weighted by molar-refractivity contribution is -0.390. The van der Waals surface area contributed by atoms with Crippen LogP contribution in [-0.4, -0.2) is 33.1 Å². The first-order chi connectivity index (χ1) is 9.75. The van der Waals surface area contributed by atoms with Crippen molar-refractivity contribution in [1.82, 2.24) is 4.72 Å². The topological polar surface area (TPSA) is 98.5 Å². The van der Waals surface area contributed by atoms with Crippen molar-refractivity contribution in [1.29, 1.82) is 0 Å². The highest BCUT2D eigenvalue weighted by molar-refractivity contribution is 7.89. The molecule has 0 aliphatic rings. The number of benzene rings is 1. The van der Waals surface area contributed by atoms with Crippen LogP contribution in [0.2, 0.25) is 0 Å². The van der Waals surface area contributed by atoms with Gasteiger partial charge in [0.1, 0.15) is 0 Å². The highest BCUT2D eigenvalue weighted by atomic mass is 32.2. The molecule has 0 spiro atoms. The van der Waals surface area contributed by atoms with Crippen LogP contribution in [0.1, 0.15) is 13.8 Å². The van der Waals surface area contributed by atoms with Gasteiger partial charge < -0.3 is 4.74 Å². The Morgan fingerprint density at radius 1 is 1.43 bits per heavy atom. The predicted molar refractivity (Wildman–Crippen MR) is 73.9 cm³/mol. The molecule has 21 heavy (non-hydrogen) atoms. The highest BCUT2D eigenvalue weighted by Crippen LogP contribution is 2.26. The fourth-order valence-electron chi connectivity index (χ4n) is 1.53. The van der Waals surface area contributed by atoms with Gasteiger partial charge in [-0.3, -0.25) is 10.1 Å². The van der Waals surface area contributed by atoms with Crippen molar-refractivity contribution in [2.24, 2.45) is 5.92 Å². The van der Waals surface area contributed by atoms with Crippen LogP contribution in [0.25, 0.3) is 0 Å². The molecule has 0 atom stereocenters. The number of hydrogen-bond donors (Lipinski definition) is 1. The molecule has 9 heteroatoms. The molecule has 1 N–H and O–H groups in total. The Labute approximate surface area is 122 Å². The lowest BCUT2D eigenvalue weighted by atomic mass is 10.2. The van der Waals surface area contributed by atoms with Gasteiger partial charge in [0.25, 0.3) is 0 Å². The van der Waals surface area contributed by atoms with Gasteiger partial charge in [-0.1, -0.05) is 19.9 Å². The van der Waals surface area contributed by atoms with Crippen LogP contribution in [0.3, 0.4) is 0 Å². The summed E-state index contributed by atoms with van der Waals surface area (Å²) in [5.74, 6) is -0.884. The van der Waals surface area contributed by atoms with Gasteiger partial charge in [0.05, 0.1) is 11.5 Å². The van der Waals surface area contributed by atoms with Crippen LogP contribution in [0, 0.1) is 21.8 Å². The number of rotatable bonds is 8. The van der Waals surface area contributed by atoms with E-state index in [1.54, 1.807) is 0 Å². The number of hydrogen-bond acceptors (Lipinski definition) is 5. The van der Waals surface area contributed by atoms with Gasteiger partial charge in [-0.2, -0.15) is 4.39 Å². The van der Waals surface area contributed by atoms with E-state index in [9.17, 15) is 22.9 Å². The SMILES string of the molecule is CC(C)COCCNS(=O)(=O)c1cccc(F)c1[N+](=O)[O-]. The van der Waals surface area contributed by atoms with Crippen molar-refractivity contribution in [3.8, 4) is 0 Å². The van der Waals surface area contributed by atoms with Crippen molar-refractivity contribution in [2.45, 2.75) is 18.7 Å². The summed E-state index contributed by atoms with van der Waals surface area (Å²) in [5.41, 5.74) is -1.06. The summed E-state index contributed by atoms with van der Waals surface area (Å²) in [6.07, 6.45) is 0. The number of sulfonamides is 1. The molecule has 0 saturated carbocycles.